The minimum absolute atomic E-state index is 0.128. The van der Waals surface area contributed by atoms with E-state index in [-0.39, 0.29) is 24.6 Å². The number of aliphatic hydroxyl groups excluding tert-OH is 1. The van der Waals surface area contributed by atoms with Crippen LogP contribution in [0.15, 0.2) is 18.2 Å². The van der Waals surface area contributed by atoms with Crippen LogP contribution in [0.25, 0.3) is 0 Å². The van der Waals surface area contributed by atoms with E-state index in [1.807, 2.05) is 0 Å². The average molecular weight is 292 g/mol. The first-order valence-electron chi connectivity index (χ1n) is 6.41. The molecule has 1 rings (SSSR count). The van der Waals surface area contributed by atoms with Crippen molar-refractivity contribution in [3.63, 3.8) is 0 Å². The second-order valence-corrected chi connectivity index (χ2v) is 4.27. The number of halogens is 1. The van der Waals surface area contributed by atoms with Gasteiger partial charge in [-0.05, 0) is 25.1 Å². The molecule has 0 unspecified atom stereocenters. The highest BCUT2D eigenvalue weighted by Crippen LogP contribution is 2.12. The van der Waals surface area contributed by atoms with Crippen LogP contribution in [0.5, 0.6) is 0 Å². The monoisotopic (exact) mass is 292 g/mol. The summed E-state index contributed by atoms with van der Waals surface area (Å²) in [6, 6.07) is 3.92. The number of benzene rings is 1. The molecule has 0 aromatic heterocycles. The molecule has 112 valence electrons. The molecule has 0 radical (unpaired) electrons. The molecule has 0 atom stereocenters. The molecular formula is C15H17FN2O3. The molecule has 0 aliphatic rings. The van der Waals surface area contributed by atoms with Gasteiger partial charge in [-0.2, -0.15) is 0 Å². The molecule has 0 bridgehead atoms. The Hall–Kier alpha value is -2.39. The first-order chi connectivity index (χ1) is 9.99. The minimum atomic E-state index is -0.715. The van der Waals surface area contributed by atoms with Gasteiger partial charge in [0.2, 0.25) is 5.91 Å². The highest BCUT2D eigenvalue weighted by molar-refractivity contribution is 5.96. The summed E-state index contributed by atoms with van der Waals surface area (Å²) in [7, 11) is 1.43. The first-order valence-corrected chi connectivity index (χ1v) is 6.41. The van der Waals surface area contributed by atoms with Crippen molar-refractivity contribution in [3.8, 4) is 11.8 Å². The number of rotatable bonds is 4. The van der Waals surface area contributed by atoms with Crippen molar-refractivity contribution in [3.05, 3.63) is 35.1 Å². The number of hydrogen-bond donors (Lipinski definition) is 2. The van der Waals surface area contributed by atoms with Crippen LogP contribution in [-0.4, -0.2) is 48.6 Å². The second-order valence-electron chi connectivity index (χ2n) is 4.27. The summed E-state index contributed by atoms with van der Waals surface area (Å²) in [5, 5.41) is 11.1. The number of likely N-dealkylation sites (N-methyl/N-ethyl adjacent to an activating group) is 2. The van der Waals surface area contributed by atoms with Gasteiger partial charge in [0.1, 0.15) is 12.4 Å². The van der Waals surface area contributed by atoms with Crippen molar-refractivity contribution in [1.29, 1.82) is 0 Å². The molecule has 0 spiro atoms. The number of amides is 2. The van der Waals surface area contributed by atoms with Gasteiger partial charge in [-0.3, -0.25) is 9.59 Å². The lowest BCUT2D eigenvalue weighted by Gasteiger charge is -2.17. The summed E-state index contributed by atoms with van der Waals surface area (Å²) in [6.07, 6.45) is 0. The van der Waals surface area contributed by atoms with Crippen LogP contribution in [0.1, 0.15) is 22.8 Å². The maximum Gasteiger partial charge on any atom is 0.257 e. The minimum Gasteiger partial charge on any atom is -0.384 e. The van der Waals surface area contributed by atoms with Gasteiger partial charge < -0.3 is 15.3 Å². The lowest BCUT2D eigenvalue weighted by atomic mass is 10.1. The van der Waals surface area contributed by atoms with E-state index < -0.39 is 11.7 Å². The molecule has 1 aromatic carbocycles. The second kappa shape index (κ2) is 8.02. The zero-order valence-corrected chi connectivity index (χ0v) is 11.9. The van der Waals surface area contributed by atoms with Gasteiger partial charge in [0, 0.05) is 19.2 Å². The largest absolute Gasteiger partial charge is 0.384 e. The molecule has 2 amide bonds. The van der Waals surface area contributed by atoms with Gasteiger partial charge in [0.05, 0.1) is 12.1 Å². The quantitative estimate of drug-likeness (QED) is 0.788. The van der Waals surface area contributed by atoms with Crippen LogP contribution in [0, 0.1) is 17.7 Å². The number of carbonyl (C=O) groups is 2. The van der Waals surface area contributed by atoms with E-state index in [0.717, 1.165) is 11.0 Å². The van der Waals surface area contributed by atoms with Crippen molar-refractivity contribution in [2.24, 2.45) is 0 Å². The van der Waals surface area contributed by atoms with E-state index in [1.165, 1.54) is 19.2 Å². The standard InChI is InChI=1S/C15H17FN2O3/c1-3-17-14(20)10-18(2)15(21)12-7-6-11(5-4-8-19)9-13(12)16/h6-7,9,19H,3,8,10H2,1-2H3,(H,17,20). The Kier molecular flexibility index (Phi) is 6.37. The predicted octanol–water partition coefficient (Wildman–Crippen LogP) is 0.378. The molecular weight excluding hydrogens is 275 g/mol. The van der Waals surface area contributed by atoms with E-state index in [1.54, 1.807) is 6.92 Å². The normalized spacial score (nSPS) is 9.52. The number of carbonyl (C=O) groups excluding carboxylic acids is 2. The Morgan fingerprint density at radius 3 is 2.71 bits per heavy atom. The summed E-state index contributed by atoms with van der Waals surface area (Å²) in [6.45, 7) is 1.77. The lowest BCUT2D eigenvalue weighted by molar-refractivity contribution is -0.121. The topological polar surface area (TPSA) is 69.6 Å². The van der Waals surface area contributed by atoms with Crippen molar-refractivity contribution < 1.29 is 19.1 Å². The van der Waals surface area contributed by atoms with E-state index in [2.05, 4.69) is 17.2 Å². The van der Waals surface area contributed by atoms with Crippen molar-refractivity contribution in [2.45, 2.75) is 6.92 Å². The Labute approximate surface area is 122 Å². The summed E-state index contributed by atoms with van der Waals surface area (Å²) >= 11 is 0. The van der Waals surface area contributed by atoms with Crippen LogP contribution in [0.2, 0.25) is 0 Å². The molecule has 0 aliphatic carbocycles. The van der Waals surface area contributed by atoms with Crippen LogP contribution in [0.3, 0.4) is 0 Å². The van der Waals surface area contributed by atoms with E-state index in [4.69, 9.17) is 5.11 Å². The van der Waals surface area contributed by atoms with Gasteiger partial charge in [0.25, 0.3) is 5.91 Å². The summed E-state index contributed by atoms with van der Waals surface area (Å²) in [4.78, 5) is 24.6. The molecule has 0 fully saturated rings. The predicted molar refractivity (Wildman–Crippen MR) is 76.0 cm³/mol. The Balaban J connectivity index is 2.85. The van der Waals surface area contributed by atoms with Crippen LogP contribution >= 0.6 is 0 Å². The Morgan fingerprint density at radius 2 is 2.14 bits per heavy atom. The van der Waals surface area contributed by atoms with Crippen LogP contribution in [0.4, 0.5) is 4.39 Å². The first kappa shape index (κ1) is 16.7. The number of nitrogens with one attached hydrogen (secondary N) is 1. The fourth-order valence-electron chi connectivity index (χ4n) is 1.65. The van der Waals surface area contributed by atoms with Crippen molar-refractivity contribution >= 4 is 11.8 Å². The zero-order chi connectivity index (χ0) is 15.8. The Morgan fingerprint density at radius 1 is 1.43 bits per heavy atom. The molecule has 21 heavy (non-hydrogen) atoms. The van der Waals surface area contributed by atoms with Crippen molar-refractivity contribution in [1.82, 2.24) is 10.2 Å². The number of hydrogen-bond acceptors (Lipinski definition) is 3. The SMILES string of the molecule is CCNC(=O)CN(C)C(=O)c1ccc(C#CCO)cc1F. The van der Waals surface area contributed by atoms with Gasteiger partial charge in [-0.15, -0.1) is 0 Å². The molecule has 0 saturated carbocycles. The average Bonchev–Trinajstić information content (AvgIpc) is 2.44. The maximum atomic E-state index is 13.9. The molecule has 0 heterocycles. The maximum absolute atomic E-state index is 13.9. The number of aliphatic hydroxyl groups is 1. The van der Waals surface area contributed by atoms with Gasteiger partial charge in [-0.25, -0.2) is 4.39 Å². The fraction of sp³-hybridized carbons (Fsp3) is 0.333. The molecule has 0 saturated heterocycles. The van der Waals surface area contributed by atoms with Gasteiger partial charge in [0.15, 0.2) is 0 Å². The molecule has 0 aliphatic heterocycles. The third-order valence-electron chi connectivity index (χ3n) is 2.61. The Bertz CT molecular complexity index is 590. The highest BCUT2D eigenvalue weighted by atomic mass is 19.1. The van der Waals surface area contributed by atoms with Gasteiger partial charge >= 0.3 is 0 Å². The third-order valence-corrected chi connectivity index (χ3v) is 2.61. The third kappa shape index (κ3) is 4.89. The molecule has 2 N–H and O–H groups in total. The summed E-state index contributed by atoms with van der Waals surface area (Å²) in [5.41, 5.74) is 0.237. The zero-order valence-electron chi connectivity index (χ0n) is 11.9. The molecule has 1 aromatic rings. The summed E-state index contributed by atoms with van der Waals surface area (Å²) < 4.78 is 13.9. The van der Waals surface area contributed by atoms with E-state index in [0.29, 0.717) is 12.1 Å². The molecule has 6 heteroatoms. The van der Waals surface area contributed by atoms with Gasteiger partial charge in [-0.1, -0.05) is 11.8 Å². The number of nitrogens with zero attached hydrogens (tertiary/aromatic N) is 1. The van der Waals surface area contributed by atoms with Crippen molar-refractivity contribution in [2.75, 3.05) is 26.7 Å². The highest BCUT2D eigenvalue weighted by Gasteiger charge is 2.18. The van der Waals surface area contributed by atoms with Crippen LogP contribution in [-0.2, 0) is 4.79 Å². The van der Waals surface area contributed by atoms with E-state index in [9.17, 15) is 14.0 Å². The molecule has 5 nitrogen and oxygen atoms in total. The fourth-order valence-corrected chi connectivity index (χ4v) is 1.65. The smallest absolute Gasteiger partial charge is 0.257 e. The van der Waals surface area contributed by atoms with E-state index >= 15 is 0 Å². The summed E-state index contributed by atoms with van der Waals surface area (Å²) in [5.74, 6) is 3.34. The van der Waals surface area contributed by atoms with Crippen LogP contribution < -0.4 is 5.32 Å². The lowest BCUT2D eigenvalue weighted by Crippen LogP contribution is -2.38.